The average Bonchev–Trinajstić information content (AvgIpc) is 2.96. The zero-order chi connectivity index (χ0) is 31.0. The van der Waals surface area contributed by atoms with Crippen LogP contribution in [-0.4, -0.2) is 58.0 Å². The maximum absolute atomic E-state index is 14.2. The van der Waals surface area contributed by atoms with Crippen LogP contribution in [0.15, 0.2) is 71.6 Å². The molecular formula is C32H41N3O6S. The third-order valence-corrected chi connectivity index (χ3v) is 8.73. The van der Waals surface area contributed by atoms with E-state index in [1.54, 1.807) is 24.3 Å². The van der Waals surface area contributed by atoms with E-state index in [4.69, 9.17) is 9.47 Å². The Kier molecular flexibility index (Phi) is 11.0. The number of ether oxygens (including phenoxy) is 2. The molecule has 1 N–H and O–H groups in total. The number of hydrogen-bond acceptors (Lipinski definition) is 6. The molecule has 9 nitrogen and oxygen atoms in total. The summed E-state index contributed by atoms with van der Waals surface area (Å²) >= 11 is 0. The molecule has 10 heteroatoms. The molecule has 0 aliphatic carbocycles. The quantitative estimate of drug-likeness (QED) is 0.303. The van der Waals surface area contributed by atoms with E-state index < -0.39 is 28.5 Å². The Morgan fingerprint density at radius 2 is 1.55 bits per heavy atom. The smallest absolute Gasteiger partial charge is 0.264 e. The van der Waals surface area contributed by atoms with E-state index in [2.05, 4.69) is 5.32 Å². The van der Waals surface area contributed by atoms with Crippen LogP contribution in [0.25, 0.3) is 0 Å². The van der Waals surface area contributed by atoms with Gasteiger partial charge in [0.25, 0.3) is 10.0 Å². The first-order valence-electron chi connectivity index (χ1n) is 13.9. The summed E-state index contributed by atoms with van der Waals surface area (Å²) in [6.45, 7) is 9.00. The molecule has 0 aliphatic heterocycles. The number of nitrogens with one attached hydrogen (secondary N) is 1. The van der Waals surface area contributed by atoms with Gasteiger partial charge in [0.05, 0.1) is 24.8 Å². The second-order valence-electron chi connectivity index (χ2n) is 10.4. The van der Waals surface area contributed by atoms with Crippen molar-refractivity contribution in [3.05, 3.63) is 83.4 Å². The predicted octanol–water partition coefficient (Wildman–Crippen LogP) is 4.85. The Balaban J connectivity index is 2.11. The Labute approximate surface area is 249 Å². The molecule has 0 fully saturated rings. The molecule has 3 aromatic rings. The van der Waals surface area contributed by atoms with E-state index in [0.717, 1.165) is 21.0 Å². The summed E-state index contributed by atoms with van der Waals surface area (Å²) in [6.07, 6.45) is 0.350. The maximum atomic E-state index is 14.2. The van der Waals surface area contributed by atoms with Gasteiger partial charge >= 0.3 is 0 Å². The molecule has 42 heavy (non-hydrogen) atoms. The van der Waals surface area contributed by atoms with Crippen LogP contribution in [0.4, 0.5) is 5.69 Å². The first-order valence-corrected chi connectivity index (χ1v) is 15.3. The zero-order valence-corrected chi connectivity index (χ0v) is 26.2. The largest absolute Gasteiger partial charge is 0.493 e. The van der Waals surface area contributed by atoms with E-state index in [1.165, 1.54) is 37.3 Å². The number of anilines is 1. The summed E-state index contributed by atoms with van der Waals surface area (Å²) in [5.74, 6) is -0.181. The molecule has 0 aromatic heterocycles. The van der Waals surface area contributed by atoms with Crippen molar-refractivity contribution in [1.82, 2.24) is 10.2 Å². The standard InChI is InChI=1S/C32H41N3O6S/c1-8-28(32(37)33-22(2)3)34(20-25-12-10-9-11-24(25)5)31(36)21-35(26-15-13-23(4)14-16-26)42(38,39)27-17-18-29(40-6)30(19-27)41-7/h9-19,22,28H,8,20-21H2,1-7H3,(H,33,37)/t28-/m0/s1. The lowest BCUT2D eigenvalue weighted by atomic mass is 10.1. The number of aryl methyl sites for hydroxylation is 2. The van der Waals surface area contributed by atoms with Gasteiger partial charge in [0, 0.05) is 18.7 Å². The van der Waals surface area contributed by atoms with Crippen LogP contribution in [0, 0.1) is 13.8 Å². The van der Waals surface area contributed by atoms with Gasteiger partial charge in [0.15, 0.2) is 11.5 Å². The third-order valence-electron chi connectivity index (χ3n) is 6.96. The average molecular weight is 596 g/mol. The number of methoxy groups -OCH3 is 2. The number of carbonyl (C=O) groups excluding carboxylic acids is 2. The van der Waals surface area contributed by atoms with Crippen LogP contribution in [0.1, 0.15) is 43.9 Å². The summed E-state index contributed by atoms with van der Waals surface area (Å²) < 4.78 is 40.0. The van der Waals surface area contributed by atoms with Crippen molar-refractivity contribution in [1.29, 1.82) is 0 Å². The first kappa shape index (κ1) is 32.5. The lowest BCUT2D eigenvalue weighted by Crippen LogP contribution is -2.53. The predicted molar refractivity (Wildman–Crippen MR) is 164 cm³/mol. The fourth-order valence-corrected chi connectivity index (χ4v) is 6.05. The van der Waals surface area contributed by atoms with Crippen molar-refractivity contribution in [2.45, 2.75) is 64.6 Å². The number of sulfonamides is 1. The SMILES string of the molecule is CC[C@@H](C(=O)NC(C)C)N(Cc1ccccc1C)C(=O)CN(c1ccc(C)cc1)S(=O)(=O)c1ccc(OC)c(OC)c1. The van der Waals surface area contributed by atoms with E-state index in [1.807, 2.05) is 58.9 Å². The summed E-state index contributed by atoms with van der Waals surface area (Å²) in [4.78, 5) is 28.9. The monoisotopic (exact) mass is 595 g/mol. The first-order chi connectivity index (χ1) is 19.9. The molecule has 0 bridgehead atoms. The van der Waals surface area contributed by atoms with Gasteiger partial charge in [0.2, 0.25) is 11.8 Å². The van der Waals surface area contributed by atoms with Gasteiger partial charge in [-0.25, -0.2) is 8.42 Å². The fourth-order valence-electron chi connectivity index (χ4n) is 4.62. The Morgan fingerprint density at radius 3 is 2.12 bits per heavy atom. The van der Waals surface area contributed by atoms with Crippen LogP contribution in [0.2, 0.25) is 0 Å². The van der Waals surface area contributed by atoms with Crippen molar-refractivity contribution in [2.75, 3.05) is 25.1 Å². The molecule has 0 saturated heterocycles. The summed E-state index contributed by atoms with van der Waals surface area (Å²) in [6, 6.07) is 17.9. The van der Waals surface area contributed by atoms with E-state index in [0.29, 0.717) is 17.9 Å². The molecule has 0 aliphatic rings. The summed E-state index contributed by atoms with van der Waals surface area (Å²) in [7, 11) is -1.37. The number of hydrogen-bond donors (Lipinski definition) is 1. The Hall–Kier alpha value is -4.05. The molecule has 0 spiro atoms. The second-order valence-corrected chi connectivity index (χ2v) is 12.3. The van der Waals surface area contributed by atoms with Crippen LogP contribution >= 0.6 is 0 Å². The molecule has 2 amide bonds. The van der Waals surface area contributed by atoms with Gasteiger partial charge in [-0.3, -0.25) is 13.9 Å². The zero-order valence-electron chi connectivity index (χ0n) is 25.4. The van der Waals surface area contributed by atoms with E-state index in [-0.39, 0.29) is 29.1 Å². The molecule has 0 unspecified atom stereocenters. The Morgan fingerprint density at radius 1 is 0.905 bits per heavy atom. The lowest BCUT2D eigenvalue weighted by molar-refractivity contribution is -0.140. The molecule has 226 valence electrons. The van der Waals surface area contributed by atoms with Crippen LogP contribution in [-0.2, 0) is 26.2 Å². The minimum atomic E-state index is -4.26. The highest BCUT2D eigenvalue weighted by Gasteiger charge is 2.34. The molecular weight excluding hydrogens is 554 g/mol. The molecule has 3 aromatic carbocycles. The van der Waals surface area contributed by atoms with Gasteiger partial charge in [0.1, 0.15) is 12.6 Å². The van der Waals surface area contributed by atoms with Gasteiger partial charge < -0.3 is 19.7 Å². The third kappa shape index (κ3) is 7.61. The van der Waals surface area contributed by atoms with Gasteiger partial charge in [-0.05, 0) is 69.5 Å². The van der Waals surface area contributed by atoms with Crippen molar-refractivity contribution < 1.29 is 27.5 Å². The number of amides is 2. The van der Waals surface area contributed by atoms with Crippen molar-refractivity contribution in [3.63, 3.8) is 0 Å². The highest BCUT2D eigenvalue weighted by atomic mass is 32.2. The van der Waals surface area contributed by atoms with Gasteiger partial charge in [-0.15, -0.1) is 0 Å². The summed E-state index contributed by atoms with van der Waals surface area (Å²) in [5, 5.41) is 2.91. The van der Waals surface area contributed by atoms with Crippen molar-refractivity contribution in [3.8, 4) is 11.5 Å². The van der Waals surface area contributed by atoms with Gasteiger partial charge in [-0.1, -0.05) is 48.9 Å². The van der Waals surface area contributed by atoms with Crippen molar-refractivity contribution >= 4 is 27.5 Å². The lowest BCUT2D eigenvalue weighted by Gasteiger charge is -2.34. The summed E-state index contributed by atoms with van der Waals surface area (Å²) in [5.41, 5.74) is 3.08. The Bertz CT molecular complexity index is 1490. The fraction of sp³-hybridized carbons (Fsp3) is 0.375. The highest BCUT2D eigenvalue weighted by molar-refractivity contribution is 7.92. The second kappa shape index (κ2) is 14.2. The minimum absolute atomic E-state index is 0.0661. The van der Waals surface area contributed by atoms with E-state index in [9.17, 15) is 18.0 Å². The molecule has 0 radical (unpaired) electrons. The highest BCUT2D eigenvalue weighted by Crippen LogP contribution is 2.32. The van der Waals surface area contributed by atoms with Crippen LogP contribution in [0.3, 0.4) is 0 Å². The van der Waals surface area contributed by atoms with Crippen LogP contribution in [0.5, 0.6) is 11.5 Å². The van der Waals surface area contributed by atoms with Gasteiger partial charge in [-0.2, -0.15) is 0 Å². The number of rotatable bonds is 13. The normalized spacial score (nSPS) is 12.0. The number of benzene rings is 3. The number of nitrogens with zero attached hydrogens (tertiary/aromatic N) is 2. The van der Waals surface area contributed by atoms with Crippen molar-refractivity contribution in [2.24, 2.45) is 0 Å². The maximum Gasteiger partial charge on any atom is 0.264 e. The van der Waals surface area contributed by atoms with E-state index >= 15 is 0 Å². The molecule has 0 heterocycles. The topological polar surface area (TPSA) is 105 Å². The number of carbonyl (C=O) groups is 2. The molecule has 1 atom stereocenters. The minimum Gasteiger partial charge on any atom is -0.493 e. The molecule has 0 saturated carbocycles. The van der Waals surface area contributed by atoms with Crippen LogP contribution < -0.4 is 19.1 Å². The molecule has 3 rings (SSSR count).